The number of carbonyl (C=O) groups is 1. The van der Waals surface area contributed by atoms with E-state index in [9.17, 15) is 9.90 Å². The Morgan fingerprint density at radius 1 is 1.16 bits per heavy atom. The second kappa shape index (κ2) is 9.49. The zero-order chi connectivity index (χ0) is 21.8. The Balaban J connectivity index is 1.28. The fraction of sp³-hybridized carbons (Fsp3) is 0.417. The first-order valence-electron chi connectivity index (χ1n) is 10.8. The van der Waals surface area contributed by atoms with E-state index in [4.69, 9.17) is 0 Å². The standard InChI is InChI=1S/C24H29N5O2/c1-15(23-25-16(2)28-29-23)24(31)27-19-10-8-17(9-11-19)14-20-12-13-21(26-20)22(30)18-6-4-3-5-7-18/h3-11,15,20-23,26,30H,12-14H2,1-2H3,(H,27,31)/t15?,20-,21+,22+,23?/m0/s1. The van der Waals surface area contributed by atoms with E-state index in [1.165, 1.54) is 5.56 Å². The van der Waals surface area contributed by atoms with Gasteiger partial charge in [-0.25, -0.2) is 4.99 Å². The lowest BCUT2D eigenvalue weighted by Crippen LogP contribution is -2.35. The molecule has 2 aliphatic heterocycles. The van der Waals surface area contributed by atoms with Crippen molar-refractivity contribution in [3.8, 4) is 0 Å². The molecular formula is C24H29N5O2. The molecule has 2 aliphatic rings. The highest BCUT2D eigenvalue weighted by Gasteiger charge is 2.30. The Morgan fingerprint density at radius 3 is 2.58 bits per heavy atom. The van der Waals surface area contributed by atoms with E-state index in [2.05, 4.69) is 25.9 Å². The predicted molar refractivity (Wildman–Crippen MR) is 121 cm³/mol. The third-order valence-electron chi connectivity index (χ3n) is 6.00. The number of amides is 1. The number of hydrogen-bond donors (Lipinski definition) is 3. The minimum atomic E-state index is -0.488. The number of nitrogens with one attached hydrogen (secondary N) is 2. The number of benzene rings is 2. The van der Waals surface area contributed by atoms with Crippen LogP contribution in [0.25, 0.3) is 0 Å². The van der Waals surface area contributed by atoms with Crippen LogP contribution in [-0.4, -0.2) is 35.1 Å². The summed E-state index contributed by atoms with van der Waals surface area (Å²) in [6, 6.07) is 18.2. The number of anilines is 1. The SMILES string of the molecule is CC1=NC(C(C)C(=O)Nc2ccc(C[C@@H]3CC[C@H]([C@H](O)c4ccccc4)N3)cc2)N=N1. The lowest BCUT2D eigenvalue weighted by atomic mass is 10.0. The number of aliphatic hydroxyl groups is 1. The van der Waals surface area contributed by atoms with Crippen molar-refractivity contribution in [1.82, 2.24) is 5.32 Å². The first-order valence-corrected chi connectivity index (χ1v) is 10.8. The quantitative estimate of drug-likeness (QED) is 0.635. The Bertz CT molecular complexity index is 958. The van der Waals surface area contributed by atoms with Gasteiger partial charge in [0.1, 0.15) is 5.84 Å². The summed E-state index contributed by atoms with van der Waals surface area (Å²) in [4.78, 5) is 16.7. The van der Waals surface area contributed by atoms with Gasteiger partial charge in [-0.05, 0) is 56.4 Å². The maximum Gasteiger partial charge on any atom is 0.231 e. The maximum absolute atomic E-state index is 12.5. The van der Waals surface area contributed by atoms with Crippen molar-refractivity contribution in [3.05, 3.63) is 65.7 Å². The van der Waals surface area contributed by atoms with Crippen LogP contribution < -0.4 is 10.6 Å². The van der Waals surface area contributed by atoms with Crippen LogP contribution in [0.3, 0.4) is 0 Å². The fourth-order valence-corrected chi connectivity index (χ4v) is 4.14. The zero-order valence-electron chi connectivity index (χ0n) is 17.9. The second-order valence-corrected chi connectivity index (χ2v) is 8.39. The highest BCUT2D eigenvalue weighted by molar-refractivity contribution is 5.93. The first-order chi connectivity index (χ1) is 15.0. The smallest absolute Gasteiger partial charge is 0.231 e. The zero-order valence-corrected chi connectivity index (χ0v) is 17.9. The third kappa shape index (κ3) is 5.24. The van der Waals surface area contributed by atoms with Crippen molar-refractivity contribution in [1.29, 1.82) is 0 Å². The highest BCUT2D eigenvalue weighted by atomic mass is 16.3. The normalized spacial score (nSPS) is 24.6. The molecule has 1 saturated heterocycles. The van der Waals surface area contributed by atoms with Gasteiger partial charge in [0.05, 0.1) is 12.0 Å². The molecule has 2 heterocycles. The number of carbonyl (C=O) groups excluding carboxylic acids is 1. The topological polar surface area (TPSA) is 98.4 Å². The van der Waals surface area contributed by atoms with Crippen molar-refractivity contribution in [2.45, 2.75) is 57.5 Å². The molecule has 5 atom stereocenters. The van der Waals surface area contributed by atoms with Gasteiger partial charge in [-0.15, -0.1) is 5.11 Å². The molecule has 7 nitrogen and oxygen atoms in total. The first kappa shape index (κ1) is 21.3. The van der Waals surface area contributed by atoms with Gasteiger partial charge in [-0.1, -0.05) is 42.5 Å². The van der Waals surface area contributed by atoms with Crippen LogP contribution >= 0.6 is 0 Å². The molecule has 162 valence electrons. The predicted octanol–water partition coefficient (Wildman–Crippen LogP) is 3.87. The average Bonchev–Trinajstić information content (AvgIpc) is 3.44. The molecule has 3 N–H and O–H groups in total. The molecule has 0 bridgehead atoms. The van der Waals surface area contributed by atoms with Gasteiger partial charge in [0.15, 0.2) is 6.17 Å². The number of azo groups is 1. The van der Waals surface area contributed by atoms with Gasteiger partial charge in [0, 0.05) is 17.8 Å². The summed E-state index contributed by atoms with van der Waals surface area (Å²) in [5, 5.41) is 25.1. The van der Waals surface area contributed by atoms with E-state index in [0.717, 1.165) is 30.5 Å². The largest absolute Gasteiger partial charge is 0.387 e. The van der Waals surface area contributed by atoms with Gasteiger partial charge in [-0.3, -0.25) is 4.79 Å². The third-order valence-corrected chi connectivity index (χ3v) is 6.00. The van der Waals surface area contributed by atoms with Crippen LogP contribution in [0.4, 0.5) is 5.69 Å². The molecule has 4 rings (SSSR count). The number of rotatable bonds is 7. The van der Waals surface area contributed by atoms with Crippen molar-refractivity contribution in [2.24, 2.45) is 21.1 Å². The van der Waals surface area contributed by atoms with E-state index in [-0.39, 0.29) is 17.9 Å². The summed E-state index contributed by atoms with van der Waals surface area (Å²) in [6.07, 6.45) is 1.94. The second-order valence-electron chi connectivity index (χ2n) is 8.39. The summed E-state index contributed by atoms with van der Waals surface area (Å²) in [7, 11) is 0. The number of aliphatic imine (C=N–C) groups is 1. The highest BCUT2D eigenvalue weighted by Crippen LogP contribution is 2.27. The van der Waals surface area contributed by atoms with Crippen LogP contribution in [0.1, 0.15) is 43.9 Å². The molecule has 7 heteroatoms. The molecule has 0 aromatic heterocycles. The van der Waals surface area contributed by atoms with Crippen molar-refractivity contribution >= 4 is 17.4 Å². The molecule has 1 fully saturated rings. The molecule has 0 saturated carbocycles. The van der Waals surface area contributed by atoms with E-state index in [1.54, 1.807) is 6.92 Å². The Morgan fingerprint density at radius 2 is 1.90 bits per heavy atom. The lowest BCUT2D eigenvalue weighted by Gasteiger charge is -2.20. The Labute approximate surface area is 182 Å². The fourth-order valence-electron chi connectivity index (χ4n) is 4.14. The average molecular weight is 420 g/mol. The molecule has 0 aliphatic carbocycles. The molecular weight excluding hydrogens is 390 g/mol. The molecule has 31 heavy (non-hydrogen) atoms. The number of aliphatic hydroxyl groups excluding tert-OH is 1. The summed E-state index contributed by atoms with van der Waals surface area (Å²) in [5.41, 5.74) is 2.91. The molecule has 2 aromatic carbocycles. The van der Waals surface area contributed by atoms with Crippen molar-refractivity contribution in [3.63, 3.8) is 0 Å². The number of hydrogen-bond acceptors (Lipinski definition) is 6. The molecule has 0 spiro atoms. The van der Waals surface area contributed by atoms with Crippen LogP contribution in [0, 0.1) is 5.92 Å². The molecule has 2 unspecified atom stereocenters. The minimum absolute atomic E-state index is 0.0754. The van der Waals surface area contributed by atoms with E-state index in [1.807, 2.05) is 61.5 Å². The van der Waals surface area contributed by atoms with Gasteiger partial charge in [0.25, 0.3) is 0 Å². The van der Waals surface area contributed by atoms with Crippen LogP contribution in [0.5, 0.6) is 0 Å². The van der Waals surface area contributed by atoms with Crippen LogP contribution in [-0.2, 0) is 11.2 Å². The summed E-state index contributed by atoms with van der Waals surface area (Å²) in [5.74, 6) is 0.106. The lowest BCUT2D eigenvalue weighted by molar-refractivity contribution is -0.119. The number of nitrogens with zero attached hydrogens (tertiary/aromatic N) is 3. The summed E-state index contributed by atoms with van der Waals surface area (Å²) >= 11 is 0. The maximum atomic E-state index is 12.5. The monoisotopic (exact) mass is 419 g/mol. The molecule has 0 radical (unpaired) electrons. The molecule has 2 aromatic rings. The van der Waals surface area contributed by atoms with E-state index < -0.39 is 12.3 Å². The van der Waals surface area contributed by atoms with Crippen LogP contribution in [0.15, 0.2) is 69.8 Å². The van der Waals surface area contributed by atoms with Gasteiger partial charge in [-0.2, -0.15) is 5.11 Å². The van der Waals surface area contributed by atoms with Crippen molar-refractivity contribution in [2.75, 3.05) is 5.32 Å². The number of amidine groups is 1. The van der Waals surface area contributed by atoms with Crippen molar-refractivity contribution < 1.29 is 9.90 Å². The van der Waals surface area contributed by atoms with E-state index >= 15 is 0 Å². The van der Waals surface area contributed by atoms with Crippen LogP contribution in [0.2, 0.25) is 0 Å². The summed E-state index contributed by atoms with van der Waals surface area (Å²) in [6.45, 7) is 3.58. The van der Waals surface area contributed by atoms with Gasteiger partial charge >= 0.3 is 0 Å². The van der Waals surface area contributed by atoms with Gasteiger partial charge < -0.3 is 15.7 Å². The minimum Gasteiger partial charge on any atom is -0.387 e. The Hall–Kier alpha value is -2.90. The summed E-state index contributed by atoms with van der Waals surface area (Å²) < 4.78 is 0. The molecule has 1 amide bonds. The van der Waals surface area contributed by atoms with Gasteiger partial charge in [0.2, 0.25) is 5.91 Å². The Kier molecular flexibility index (Phi) is 6.53. The van der Waals surface area contributed by atoms with E-state index in [0.29, 0.717) is 11.9 Å².